The number of rotatable bonds is 6. The molecule has 0 radical (unpaired) electrons. The number of tetrazole rings is 1. The quantitative estimate of drug-likeness (QED) is 0.800. The van der Waals surface area contributed by atoms with Gasteiger partial charge in [0.05, 0.1) is 6.54 Å². The molecule has 2 rings (SSSR count). The Hall–Kier alpha value is -1.47. The molecule has 0 saturated carbocycles. The van der Waals surface area contributed by atoms with Crippen molar-refractivity contribution in [2.75, 3.05) is 13.6 Å². The molecule has 0 bridgehead atoms. The Labute approximate surface area is 109 Å². The first-order chi connectivity index (χ1) is 8.79. The molecule has 0 amide bonds. The average molecular weight is 267 g/mol. The van der Waals surface area contributed by atoms with E-state index in [-0.39, 0.29) is 5.82 Å². The van der Waals surface area contributed by atoms with E-state index in [1.807, 2.05) is 7.05 Å². The zero-order valence-corrected chi connectivity index (χ0v) is 10.8. The maximum atomic E-state index is 12.8. The Bertz CT molecular complexity index is 484. The highest BCUT2D eigenvalue weighted by molar-refractivity contribution is 7.98. The van der Waals surface area contributed by atoms with Crippen molar-refractivity contribution in [1.82, 2.24) is 25.5 Å². The summed E-state index contributed by atoms with van der Waals surface area (Å²) in [6, 6.07) is 6.45. The number of thioether (sulfide) groups is 1. The number of hydrogen-bond donors (Lipinski definition) is 1. The summed E-state index contributed by atoms with van der Waals surface area (Å²) in [5, 5.41) is 15.4. The van der Waals surface area contributed by atoms with Crippen molar-refractivity contribution in [3.8, 4) is 0 Å². The van der Waals surface area contributed by atoms with Gasteiger partial charge in [0.25, 0.3) is 0 Å². The molecule has 5 nitrogen and oxygen atoms in total. The molecule has 0 aliphatic carbocycles. The monoisotopic (exact) mass is 267 g/mol. The van der Waals surface area contributed by atoms with E-state index in [0.29, 0.717) is 0 Å². The summed E-state index contributed by atoms with van der Waals surface area (Å²) in [7, 11) is 1.88. The second-order valence-corrected chi connectivity index (χ2v) is 4.65. The van der Waals surface area contributed by atoms with Crippen LogP contribution in [0.1, 0.15) is 5.56 Å². The van der Waals surface area contributed by atoms with Gasteiger partial charge in [-0.1, -0.05) is 23.9 Å². The van der Waals surface area contributed by atoms with E-state index in [4.69, 9.17) is 0 Å². The first-order valence-electron chi connectivity index (χ1n) is 5.57. The lowest BCUT2D eigenvalue weighted by atomic mass is 10.2. The molecule has 18 heavy (non-hydrogen) atoms. The van der Waals surface area contributed by atoms with Crippen molar-refractivity contribution >= 4 is 11.8 Å². The fourth-order valence-corrected chi connectivity index (χ4v) is 2.25. The van der Waals surface area contributed by atoms with E-state index in [9.17, 15) is 4.39 Å². The van der Waals surface area contributed by atoms with Crippen LogP contribution in [0, 0.1) is 5.82 Å². The topological polar surface area (TPSA) is 55.6 Å². The first-order valence-corrected chi connectivity index (χ1v) is 6.56. The fourth-order valence-electron chi connectivity index (χ4n) is 1.39. The minimum Gasteiger partial charge on any atom is -0.318 e. The number of nitrogens with zero attached hydrogens (tertiary/aromatic N) is 4. The minimum absolute atomic E-state index is 0.220. The van der Waals surface area contributed by atoms with Crippen molar-refractivity contribution in [1.29, 1.82) is 0 Å². The van der Waals surface area contributed by atoms with E-state index < -0.39 is 0 Å². The Morgan fingerprint density at radius 2 is 2.11 bits per heavy atom. The third kappa shape index (κ3) is 3.51. The molecular weight excluding hydrogens is 253 g/mol. The number of aromatic nitrogens is 4. The molecule has 1 N–H and O–H groups in total. The summed E-state index contributed by atoms with van der Waals surface area (Å²) < 4.78 is 14.5. The normalized spacial score (nSPS) is 10.8. The van der Waals surface area contributed by atoms with Crippen molar-refractivity contribution in [2.24, 2.45) is 0 Å². The summed E-state index contributed by atoms with van der Waals surface area (Å²) in [6.07, 6.45) is 0. The number of nitrogens with one attached hydrogen (secondary N) is 1. The molecule has 0 spiro atoms. The number of hydrogen-bond acceptors (Lipinski definition) is 5. The lowest BCUT2D eigenvalue weighted by molar-refractivity contribution is 0.530. The van der Waals surface area contributed by atoms with Crippen molar-refractivity contribution < 1.29 is 4.39 Å². The second kappa shape index (κ2) is 6.46. The SMILES string of the molecule is CNCCn1nnnc1SCc1ccc(F)cc1. The zero-order chi connectivity index (χ0) is 12.8. The Kier molecular flexibility index (Phi) is 4.66. The van der Waals surface area contributed by atoms with Crippen LogP contribution < -0.4 is 5.32 Å². The van der Waals surface area contributed by atoms with Crippen LogP contribution in [-0.4, -0.2) is 33.8 Å². The Balaban J connectivity index is 1.93. The van der Waals surface area contributed by atoms with Crippen LogP contribution in [0.5, 0.6) is 0 Å². The molecular formula is C11H14FN5S. The second-order valence-electron chi connectivity index (χ2n) is 3.70. The van der Waals surface area contributed by atoms with Gasteiger partial charge in [-0.25, -0.2) is 9.07 Å². The van der Waals surface area contributed by atoms with Crippen LogP contribution in [0.2, 0.25) is 0 Å². The largest absolute Gasteiger partial charge is 0.318 e. The molecule has 1 aromatic carbocycles. The molecule has 96 valence electrons. The highest BCUT2D eigenvalue weighted by Crippen LogP contribution is 2.19. The first kappa shape index (κ1) is 13.0. The summed E-state index contributed by atoms with van der Waals surface area (Å²) in [6.45, 7) is 1.55. The molecule has 0 unspecified atom stereocenters. The molecule has 2 aromatic rings. The highest BCUT2D eigenvalue weighted by atomic mass is 32.2. The van der Waals surface area contributed by atoms with E-state index in [2.05, 4.69) is 20.8 Å². The molecule has 0 fully saturated rings. The number of benzene rings is 1. The lowest BCUT2D eigenvalue weighted by Gasteiger charge is -2.03. The van der Waals surface area contributed by atoms with Crippen molar-refractivity contribution in [3.63, 3.8) is 0 Å². The Morgan fingerprint density at radius 1 is 1.33 bits per heavy atom. The van der Waals surface area contributed by atoms with Gasteiger partial charge in [0.1, 0.15) is 5.82 Å². The molecule has 0 saturated heterocycles. The third-order valence-electron chi connectivity index (χ3n) is 2.35. The molecule has 0 atom stereocenters. The maximum absolute atomic E-state index is 12.8. The third-order valence-corrected chi connectivity index (χ3v) is 3.38. The van der Waals surface area contributed by atoms with E-state index in [1.54, 1.807) is 16.8 Å². The van der Waals surface area contributed by atoms with Gasteiger partial charge in [-0.3, -0.25) is 0 Å². The van der Waals surface area contributed by atoms with Crippen LogP contribution in [0.4, 0.5) is 4.39 Å². The van der Waals surface area contributed by atoms with Crippen LogP contribution in [-0.2, 0) is 12.3 Å². The van der Waals surface area contributed by atoms with Gasteiger partial charge in [0.2, 0.25) is 5.16 Å². The smallest absolute Gasteiger partial charge is 0.209 e. The predicted octanol–water partition coefficient (Wildman–Crippen LogP) is 1.32. The maximum Gasteiger partial charge on any atom is 0.209 e. The van der Waals surface area contributed by atoms with Crippen molar-refractivity contribution in [2.45, 2.75) is 17.5 Å². The zero-order valence-electron chi connectivity index (χ0n) is 10.0. The summed E-state index contributed by atoms with van der Waals surface area (Å²) in [4.78, 5) is 0. The molecule has 1 heterocycles. The fraction of sp³-hybridized carbons (Fsp3) is 0.364. The van der Waals surface area contributed by atoms with Gasteiger partial charge in [0, 0.05) is 12.3 Å². The van der Waals surface area contributed by atoms with Crippen molar-refractivity contribution in [3.05, 3.63) is 35.6 Å². The van der Waals surface area contributed by atoms with E-state index in [1.165, 1.54) is 23.9 Å². The minimum atomic E-state index is -0.220. The lowest BCUT2D eigenvalue weighted by Crippen LogP contribution is -2.16. The van der Waals surface area contributed by atoms with E-state index >= 15 is 0 Å². The van der Waals surface area contributed by atoms with Crippen LogP contribution in [0.25, 0.3) is 0 Å². The van der Waals surface area contributed by atoms with Crippen LogP contribution >= 0.6 is 11.8 Å². The van der Waals surface area contributed by atoms with Gasteiger partial charge in [0.15, 0.2) is 0 Å². The summed E-state index contributed by atoms with van der Waals surface area (Å²) in [5.74, 6) is 0.503. The van der Waals surface area contributed by atoms with Crippen LogP contribution in [0.3, 0.4) is 0 Å². The van der Waals surface area contributed by atoms with Gasteiger partial charge < -0.3 is 5.32 Å². The number of halogens is 1. The summed E-state index contributed by atoms with van der Waals surface area (Å²) >= 11 is 1.54. The van der Waals surface area contributed by atoms with Gasteiger partial charge in [-0.2, -0.15) is 0 Å². The Morgan fingerprint density at radius 3 is 2.83 bits per heavy atom. The average Bonchev–Trinajstić information content (AvgIpc) is 2.83. The molecule has 1 aromatic heterocycles. The molecule has 0 aliphatic rings. The number of likely N-dealkylation sites (N-methyl/N-ethyl adjacent to an activating group) is 1. The van der Waals surface area contributed by atoms with Gasteiger partial charge in [-0.15, -0.1) is 5.10 Å². The van der Waals surface area contributed by atoms with Crippen LogP contribution in [0.15, 0.2) is 29.4 Å². The summed E-state index contributed by atoms with van der Waals surface area (Å²) in [5.41, 5.74) is 1.05. The molecule has 7 heteroatoms. The van der Waals surface area contributed by atoms with Gasteiger partial charge >= 0.3 is 0 Å². The standard InChI is InChI=1S/C11H14FN5S/c1-13-6-7-17-11(14-15-16-17)18-8-9-2-4-10(12)5-3-9/h2-5,13H,6-8H2,1H3. The van der Waals surface area contributed by atoms with E-state index in [0.717, 1.165) is 29.6 Å². The predicted molar refractivity (Wildman–Crippen MR) is 67.7 cm³/mol. The highest BCUT2D eigenvalue weighted by Gasteiger charge is 2.06. The van der Waals surface area contributed by atoms with Gasteiger partial charge in [-0.05, 0) is 35.2 Å². The molecule has 0 aliphatic heterocycles.